The molecule has 2 N–H and O–H groups in total. The van der Waals surface area contributed by atoms with Gasteiger partial charge in [0.2, 0.25) is 0 Å². The molecule has 1 aliphatic heterocycles. The van der Waals surface area contributed by atoms with Crippen LogP contribution in [0, 0.1) is 0 Å². The minimum absolute atomic E-state index is 0.414. The summed E-state index contributed by atoms with van der Waals surface area (Å²) in [5, 5.41) is 0. The van der Waals surface area contributed by atoms with Gasteiger partial charge in [0.05, 0.1) is 17.4 Å². The Balaban J connectivity index is 2.42. The summed E-state index contributed by atoms with van der Waals surface area (Å²) >= 11 is 0. The molecule has 3 nitrogen and oxygen atoms in total. The minimum Gasteiger partial charge on any atom is -0.371 e. The Labute approximate surface area is 104 Å². The minimum atomic E-state index is 0.414. The van der Waals surface area contributed by atoms with Crippen LogP contribution in [0.4, 0.5) is 11.4 Å². The van der Waals surface area contributed by atoms with Gasteiger partial charge in [-0.3, -0.25) is 0 Å². The first kappa shape index (κ1) is 12.2. The van der Waals surface area contributed by atoms with E-state index in [0.717, 1.165) is 6.54 Å². The van der Waals surface area contributed by atoms with Gasteiger partial charge in [0.15, 0.2) is 0 Å². The summed E-state index contributed by atoms with van der Waals surface area (Å²) in [7, 11) is 4.29. The van der Waals surface area contributed by atoms with Crippen molar-refractivity contribution in [3.8, 4) is 0 Å². The smallest absolute Gasteiger partial charge is 0.0605 e. The van der Waals surface area contributed by atoms with Gasteiger partial charge in [0.1, 0.15) is 0 Å². The average molecular weight is 233 g/mol. The van der Waals surface area contributed by atoms with Crippen molar-refractivity contribution in [1.82, 2.24) is 0 Å². The van der Waals surface area contributed by atoms with E-state index in [-0.39, 0.29) is 0 Å². The van der Waals surface area contributed by atoms with E-state index in [4.69, 9.17) is 5.73 Å². The van der Waals surface area contributed by atoms with E-state index in [1.807, 2.05) is 0 Å². The molecule has 17 heavy (non-hydrogen) atoms. The Bertz CT molecular complexity index is 400. The van der Waals surface area contributed by atoms with Crippen molar-refractivity contribution < 1.29 is 0 Å². The molecule has 1 aromatic rings. The molecule has 0 amide bonds. The van der Waals surface area contributed by atoms with Gasteiger partial charge in [-0.05, 0) is 23.6 Å². The van der Waals surface area contributed by atoms with Crippen LogP contribution < -0.4 is 15.5 Å². The van der Waals surface area contributed by atoms with Crippen LogP contribution in [0.15, 0.2) is 18.2 Å². The highest BCUT2D eigenvalue weighted by Crippen LogP contribution is 2.35. The number of hydrogen-bond acceptors (Lipinski definition) is 3. The summed E-state index contributed by atoms with van der Waals surface area (Å²) in [5.41, 5.74) is 9.83. The third-order valence-electron chi connectivity index (χ3n) is 3.76. The van der Waals surface area contributed by atoms with Gasteiger partial charge in [0.25, 0.3) is 0 Å². The zero-order valence-electron chi connectivity index (χ0n) is 11.3. The number of likely N-dealkylation sites (N-methyl/N-ethyl adjacent to an activating group) is 2. The summed E-state index contributed by atoms with van der Waals surface area (Å²) in [5.74, 6) is 0.575. The molecule has 94 valence electrons. The topological polar surface area (TPSA) is 32.5 Å². The van der Waals surface area contributed by atoms with Crippen molar-refractivity contribution in [3.63, 3.8) is 0 Å². The van der Waals surface area contributed by atoms with Gasteiger partial charge in [-0.2, -0.15) is 0 Å². The van der Waals surface area contributed by atoms with Crippen LogP contribution in [0.2, 0.25) is 0 Å². The molecule has 0 saturated heterocycles. The highest BCUT2D eigenvalue weighted by Gasteiger charge is 2.25. The molecular weight excluding hydrogens is 210 g/mol. The fraction of sp³-hybridized carbons (Fsp3) is 0.571. The lowest BCUT2D eigenvalue weighted by atomic mass is 9.99. The second-order valence-corrected chi connectivity index (χ2v) is 5.28. The molecule has 1 heterocycles. The number of anilines is 2. The maximum atomic E-state index is 5.82. The second kappa shape index (κ2) is 4.57. The SMILES string of the molecule is CC(C)c1ccc2c(c1)N(C)CC(CN)N2C. The van der Waals surface area contributed by atoms with E-state index in [9.17, 15) is 0 Å². The van der Waals surface area contributed by atoms with Gasteiger partial charge in [-0.15, -0.1) is 0 Å². The first-order valence-corrected chi connectivity index (χ1v) is 6.32. The van der Waals surface area contributed by atoms with Crippen LogP contribution in [-0.2, 0) is 0 Å². The molecule has 1 unspecified atom stereocenters. The number of rotatable bonds is 2. The lowest BCUT2D eigenvalue weighted by Crippen LogP contribution is -2.49. The third-order valence-corrected chi connectivity index (χ3v) is 3.76. The molecule has 0 saturated carbocycles. The van der Waals surface area contributed by atoms with Crippen LogP contribution in [0.1, 0.15) is 25.3 Å². The molecule has 3 heteroatoms. The van der Waals surface area contributed by atoms with E-state index in [1.54, 1.807) is 0 Å². The number of nitrogens with two attached hydrogens (primary N) is 1. The van der Waals surface area contributed by atoms with Crippen molar-refractivity contribution in [3.05, 3.63) is 23.8 Å². The molecule has 0 spiro atoms. The van der Waals surface area contributed by atoms with Crippen molar-refractivity contribution in [2.75, 3.05) is 37.0 Å². The van der Waals surface area contributed by atoms with E-state index < -0.39 is 0 Å². The number of hydrogen-bond donors (Lipinski definition) is 1. The summed E-state index contributed by atoms with van der Waals surface area (Å²) in [6.45, 7) is 6.17. The molecule has 2 rings (SSSR count). The van der Waals surface area contributed by atoms with Gasteiger partial charge in [0, 0.05) is 27.2 Å². The maximum Gasteiger partial charge on any atom is 0.0605 e. The van der Waals surface area contributed by atoms with Crippen LogP contribution in [0.3, 0.4) is 0 Å². The van der Waals surface area contributed by atoms with Crippen LogP contribution in [-0.4, -0.2) is 33.2 Å². The van der Waals surface area contributed by atoms with Gasteiger partial charge in [-0.1, -0.05) is 19.9 Å². The quantitative estimate of drug-likeness (QED) is 0.848. The largest absolute Gasteiger partial charge is 0.371 e. The van der Waals surface area contributed by atoms with Gasteiger partial charge < -0.3 is 15.5 Å². The number of nitrogens with zero attached hydrogens (tertiary/aromatic N) is 2. The fourth-order valence-corrected chi connectivity index (χ4v) is 2.47. The molecule has 0 fully saturated rings. The molecule has 1 aliphatic rings. The molecule has 0 bridgehead atoms. The highest BCUT2D eigenvalue weighted by molar-refractivity contribution is 5.74. The molecule has 1 aromatic carbocycles. The Morgan fingerprint density at radius 3 is 2.59 bits per heavy atom. The highest BCUT2D eigenvalue weighted by atomic mass is 15.3. The predicted octanol–water partition coefficient (Wildman–Crippen LogP) is 2.02. The van der Waals surface area contributed by atoms with Crippen LogP contribution in [0.5, 0.6) is 0 Å². The van der Waals surface area contributed by atoms with Crippen molar-refractivity contribution in [2.24, 2.45) is 5.73 Å². The summed E-state index contributed by atoms with van der Waals surface area (Å²) in [6, 6.07) is 7.18. The summed E-state index contributed by atoms with van der Waals surface area (Å²) in [4.78, 5) is 4.62. The van der Waals surface area contributed by atoms with E-state index >= 15 is 0 Å². The lowest BCUT2D eigenvalue weighted by Gasteiger charge is -2.41. The summed E-state index contributed by atoms with van der Waals surface area (Å²) < 4.78 is 0. The van der Waals surface area contributed by atoms with Crippen molar-refractivity contribution in [2.45, 2.75) is 25.8 Å². The molecular formula is C14H23N3. The fourth-order valence-electron chi connectivity index (χ4n) is 2.47. The number of fused-ring (bicyclic) bond motifs is 1. The zero-order valence-corrected chi connectivity index (χ0v) is 11.3. The standard InChI is InChI=1S/C14H23N3/c1-10(2)11-5-6-13-14(7-11)16(3)9-12(8-15)17(13)4/h5-7,10,12H,8-9,15H2,1-4H3. The third kappa shape index (κ3) is 2.12. The Kier molecular flexibility index (Phi) is 3.29. The summed E-state index contributed by atoms with van der Waals surface area (Å²) in [6.07, 6.45) is 0. The van der Waals surface area contributed by atoms with E-state index in [0.29, 0.717) is 18.5 Å². The molecule has 0 radical (unpaired) electrons. The van der Waals surface area contributed by atoms with Crippen LogP contribution in [0.25, 0.3) is 0 Å². The zero-order chi connectivity index (χ0) is 12.6. The first-order chi connectivity index (χ1) is 8.04. The monoisotopic (exact) mass is 233 g/mol. The maximum absolute atomic E-state index is 5.82. The van der Waals surface area contributed by atoms with Crippen LogP contribution >= 0.6 is 0 Å². The molecule has 0 aliphatic carbocycles. The Morgan fingerprint density at radius 2 is 2.00 bits per heavy atom. The van der Waals surface area contributed by atoms with E-state index in [2.05, 4.69) is 55.9 Å². The second-order valence-electron chi connectivity index (χ2n) is 5.28. The first-order valence-electron chi connectivity index (χ1n) is 6.32. The lowest BCUT2D eigenvalue weighted by molar-refractivity contribution is 0.609. The molecule has 1 atom stereocenters. The number of benzene rings is 1. The van der Waals surface area contributed by atoms with Gasteiger partial charge >= 0.3 is 0 Å². The predicted molar refractivity (Wildman–Crippen MR) is 75.0 cm³/mol. The van der Waals surface area contributed by atoms with Crippen molar-refractivity contribution >= 4 is 11.4 Å². The van der Waals surface area contributed by atoms with E-state index in [1.165, 1.54) is 16.9 Å². The molecule has 0 aromatic heterocycles. The average Bonchev–Trinajstić information content (AvgIpc) is 2.33. The van der Waals surface area contributed by atoms with Crippen molar-refractivity contribution in [1.29, 1.82) is 0 Å². The Hall–Kier alpha value is -1.22. The Morgan fingerprint density at radius 1 is 1.29 bits per heavy atom. The van der Waals surface area contributed by atoms with Gasteiger partial charge in [-0.25, -0.2) is 0 Å². The normalized spacial score (nSPS) is 19.8.